The summed E-state index contributed by atoms with van der Waals surface area (Å²) in [6.45, 7) is 4.90. The SMILES string of the molecule is O=C(CO)N1CCC(N2CCC[C@H](C(=O)N3CCCC3)C2)CC1. The molecule has 0 spiro atoms. The fourth-order valence-corrected chi connectivity index (χ4v) is 4.32. The minimum atomic E-state index is -0.388. The van der Waals surface area contributed by atoms with Crippen molar-refractivity contribution in [2.75, 3.05) is 45.9 Å². The summed E-state index contributed by atoms with van der Waals surface area (Å²) in [5.74, 6) is 0.364. The van der Waals surface area contributed by atoms with Crippen LogP contribution in [0.4, 0.5) is 0 Å². The summed E-state index contributed by atoms with van der Waals surface area (Å²) < 4.78 is 0. The van der Waals surface area contributed by atoms with E-state index in [0.29, 0.717) is 11.9 Å². The first-order valence-corrected chi connectivity index (χ1v) is 9.10. The molecule has 3 fully saturated rings. The number of aliphatic hydroxyl groups is 1. The minimum absolute atomic E-state index is 0.163. The van der Waals surface area contributed by atoms with Gasteiger partial charge in [0.05, 0.1) is 5.92 Å². The summed E-state index contributed by atoms with van der Waals surface area (Å²) in [7, 11) is 0. The van der Waals surface area contributed by atoms with Crippen LogP contribution in [0.3, 0.4) is 0 Å². The lowest BCUT2D eigenvalue weighted by atomic mass is 9.93. The van der Waals surface area contributed by atoms with Crippen molar-refractivity contribution in [2.45, 2.75) is 44.6 Å². The van der Waals surface area contributed by atoms with Crippen LogP contribution in [0.1, 0.15) is 38.5 Å². The van der Waals surface area contributed by atoms with Crippen molar-refractivity contribution in [1.29, 1.82) is 0 Å². The Bertz CT molecular complexity index is 429. The van der Waals surface area contributed by atoms with E-state index < -0.39 is 0 Å². The predicted molar refractivity (Wildman–Crippen MR) is 86.8 cm³/mol. The fourth-order valence-electron chi connectivity index (χ4n) is 4.32. The molecule has 3 aliphatic heterocycles. The Labute approximate surface area is 138 Å². The summed E-state index contributed by atoms with van der Waals surface area (Å²) in [5.41, 5.74) is 0. The van der Waals surface area contributed by atoms with Crippen LogP contribution in [0.5, 0.6) is 0 Å². The van der Waals surface area contributed by atoms with Crippen LogP contribution in [0.2, 0.25) is 0 Å². The van der Waals surface area contributed by atoms with Gasteiger partial charge in [0.1, 0.15) is 6.61 Å². The maximum Gasteiger partial charge on any atom is 0.248 e. The zero-order valence-electron chi connectivity index (χ0n) is 14.0. The zero-order chi connectivity index (χ0) is 16.2. The molecule has 0 saturated carbocycles. The first kappa shape index (κ1) is 16.7. The molecule has 0 aromatic heterocycles. The monoisotopic (exact) mass is 323 g/mol. The number of carbonyl (C=O) groups excluding carboxylic acids is 2. The standard InChI is InChI=1S/C17H29N3O3/c21-13-16(22)18-10-5-15(6-11-18)20-9-3-4-14(12-20)17(23)19-7-1-2-8-19/h14-15,21H,1-13H2/t14-/m0/s1. The lowest BCUT2D eigenvalue weighted by molar-refractivity contribution is -0.137. The molecule has 2 amide bonds. The minimum Gasteiger partial charge on any atom is -0.387 e. The molecule has 1 atom stereocenters. The molecule has 0 unspecified atom stereocenters. The van der Waals surface area contributed by atoms with Crippen molar-refractivity contribution < 1.29 is 14.7 Å². The van der Waals surface area contributed by atoms with Crippen LogP contribution in [0.15, 0.2) is 0 Å². The van der Waals surface area contributed by atoms with E-state index in [9.17, 15) is 9.59 Å². The second-order valence-corrected chi connectivity index (χ2v) is 7.14. The predicted octanol–water partition coefficient (Wildman–Crippen LogP) is 0.304. The summed E-state index contributed by atoms with van der Waals surface area (Å²) in [4.78, 5) is 30.5. The summed E-state index contributed by atoms with van der Waals surface area (Å²) in [6.07, 6.45) is 6.33. The first-order valence-electron chi connectivity index (χ1n) is 9.10. The highest BCUT2D eigenvalue weighted by atomic mass is 16.3. The summed E-state index contributed by atoms with van der Waals surface area (Å²) in [6, 6.07) is 0.479. The molecule has 3 heterocycles. The van der Waals surface area contributed by atoms with Crippen LogP contribution in [-0.4, -0.2) is 83.5 Å². The van der Waals surface area contributed by atoms with Gasteiger partial charge in [0.2, 0.25) is 11.8 Å². The number of rotatable bonds is 3. The van der Waals surface area contributed by atoms with E-state index >= 15 is 0 Å². The Balaban J connectivity index is 1.51. The molecule has 0 aromatic carbocycles. The molecule has 3 aliphatic rings. The summed E-state index contributed by atoms with van der Waals surface area (Å²) in [5, 5.41) is 8.96. The normalized spacial score (nSPS) is 27.4. The number of hydrogen-bond donors (Lipinski definition) is 1. The Morgan fingerprint density at radius 1 is 0.870 bits per heavy atom. The smallest absolute Gasteiger partial charge is 0.248 e. The largest absolute Gasteiger partial charge is 0.387 e. The zero-order valence-corrected chi connectivity index (χ0v) is 14.0. The summed E-state index contributed by atoms with van der Waals surface area (Å²) >= 11 is 0. The van der Waals surface area contributed by atoms with Crippen LogP contribution in [-0.2, 0) is 9.59 Å². The maximum atomic E-state index is 12.6. The fraction of sp³-hybridized carbons (Fsp3) is 0.882. The van der Waals surface area contributed by atoms with Gasteiger partial charge in [0.25, 0.3) is 0 Å². The average Bonchev–Trinajstić information content (AvgIpc) is 3.15. The maximum absolute atomic E-state index is 12.6. The Morgan fingerprint density at radius 3 is 2.22 bits per heavy atom. The third-order valence-electron chi connectivity index (χ3n) is 5.69. The molecule has 0 radical (unpaired) electrons. The molecule has 3 rings (SSSR count). The van der Waals surface area contributed by atoms with Gasteiger partial charge in [-0.15, -0.1) is 0 Å². The van der Waals surface area contributed by atoms with E-state index in [1.165, 1.54) is 0 Å². The average molecular weight is 323 g/mol. The quantitative estimate of drug-likeness (QED) is 0.812. The Hall–Kier alpha value is -1.14. The van der Waals surface area contributed by atoms with Gasteiger partial charge >= 0.3 is 0 Å². The number of likely N-dealkylation sites (tertiary alicyclic amines) is 3. The number of carbonyl (C=O) groups is 2. The van der Waals surface area contributed by atoms with Gasteiger partial charge in [-0.1, -0.05) is 0 Å². The van der Waals surface area contributed by atoms with Crippen molar-refractivity contribution in [2.24, 2.45) is 5.92 Å². The van der Waals surface area contributed by atoms with Crippen molar-refractivity contribution in [3.63, 3.8) is 0 Å². The van der Waals surface area contributed by atoms with Gasteiger partial charge in [-0.05, 0) is 45.1 Å². The van der Waals surface area contributed by atoms with Gasteiger partial charge in [-0.25, -0.2) is 0 Å². The topological polar surface area (TPSA) is 64.1 Å². The van der Waals surface area contributed by atoms with Crippen molar-refractivity contribution >= 4 is 11.8 Å². The van der Waals surface area contributed by atoms with Crippen LogP contribution in [0, 0.1) is 5.92 Å². The van der Waals surface area contributed by atoms with Crippen molar-refractivity contribution in [3.05, 3.63) is 0 Å². The molecule has 0 aliphatic carbocycles. The van der Waals surface area contributed by atoms with Crippen molar-refractivity contribution in [3.8, 4) is 0 Å². The van der Waals surface area contributed by atoms with Crippen LogP contribution >= 0.6 is 0 Å². The molecule has 6 nitrogen and oxygen atoms in total. The Kier molecular flexibility index (Phi) is 5.54. The molecular formula is C17H29N3O3. The second-order valence-electron chi connectivity index (χ2n) is 7.14. The van der Waals surface area contributed by atoms with E-state index in [4.69, 9.17) is 5.11 Å². The van der Waals surface area contributed by atoms with Crippen molar-refractivity contribution in [1.82, 2.24) is 14.7 Å². The Morgan fingerprint density at radius 2 is 1.57 bits per heavy atom. The molecule has 3 saturated heterocycles. The van der Waals surface area contributed by atoms with E-state index in [2.05, 4.69) is 9.80 Å². The molecule has 1 N–H and O–H groups in total. The highest BCUT2D eigenvalue weighted by Crippen LogP contribution is 2.26. The molecule has 0 bridgehead atoms. The van der Waals surface area contributed by atoms with E-state index in [0.717, 1.165) is 77.8 Å². The van der Waals surface area contributed by atoms with Gasteiger partial charge in [0.15, 0.2) is 0 Å². The molecular weight excluding hydrogens is 294 g/mol. The molecule has 23 heavy (non-hydrogen) atoms. The van der Waals surface area contributed by atoms with E-state index in [-0.39, 0.29) is 18.4 Å². The van der Waals surface area contributed by atoms with E-state index in [1.54, 1.807) is 4.90 Å². The highest BCUT2D eigenvalue weighted by molar-refractivity contribution is 5.79. The molecule has 0 aromatic rings. The number of amides is 2. The van der Waals surface area contributed by atoms with Gasteiger partial charge in [0, 0.05) is 38.8 Å². The number of piperidine rings is 2. The van der Waals surface area contributed by atoms with Crippen LogP contribution in [0.25, 0.3) is 0 Å². The first-order chi connectivity index (χ1) is 11.2. The van der Waals surface area contributed by atoms with Gasteiger partial charge in [-0.2, -0.15) is 0 Å². The lowest BCUT2D eigenvalue weighted by Gasteiger charge is -2.42. The van der Waals surface area contributed by atoms with E-state index in [1.807, 2.05) is 0 Å². The third-order valence-corrected chi connectivity index (χ3v) is 5.69. The number of nitrogens with zero attached hydrogens (tertiary/aromatic N) is 3. The molecule has 130 valence electrons. The molecule has 6 heteroatoms. The number of aliphatic hydroxyl groups excluding tert-OH is 1. The van der Waals surface area contributed by atoms with Gasteiger partial charge in [-0.3, -0.25) is 14.5 Å². The van der Waals surface area contributed by atoms with Gasteiger partial charge < -0.3 is 14.9 Å². The lowest BCUT2D eigenvalue weighted by Crippen LogP contribution is -2.52. The van der Waals surface area contributed by atoms with Crippen LogP contribution < -0.4 is 0 Å². The third kappa shape index (κ3) is 3.86. The second kappa shape index (κ2) is 7.62. The highest BCUT2D eigenvalue weighted by Gasteiger charge is 2.34. The number of hydrogen-bond acceptors (Lipinski definition) is 4.